The molecule has 0 atom stereocenters. The average Bonchev–Trinajstić information content (AvgIpc) is 2.74. The van der Waals surface area contributed by atoms with Crippen molar-refractivity contribution in [2.45, 2.75) is 6.92 Å². The summed E-state index contributed by atoms with van der Waals surface area (Å²) in [7, 11) is 0. The third-order valence-electron chi connectivity index (χ3n) is 2.37. The summed E-state index contributed by atoms with van der Waals surface area (Å²) < 4.78 is 0.254. The van der Waals surface area contributed by atoms with Crippen LogP contribution in [0.15, 0.2) is 11.0 Å². The van der Waals surface area contributed by atoms with E-state index in [1.165, 1.54) is 11.3 Å². The molecule has 1 aliphatic rings. The number of hydrogen-bond donors (Lipinski definition) is 2. The van der Waals surface area contributed by atoms with Crippen molar-refractivity contribution in [1.82, 2.24) is 4.90 Å². The Balaban J connectivity index is 2.28. The van der Waals surface area contributed by atoms with E-state index < -0.39 is 12.5 Å². The second kappa shape index (κ2) is 5.32. The molecular weight excluding hydrogens is 304 g/mol. The van der Waals surface area contributed by atoms with Crippen LogP contribution in [-0.2, 0) is 9.59 Å². The zero-order valence-corrected chi connectivity index (χ0v) is 12.3. The van der Waals surface area contributed by atoms with Gasteiger partial charge in [-0.1, -0.05) is 24.0 Å². The molecule has 2 heterocycles. The molecule has 19 heavy (non-hydrogen) atoms. The highest BCUT2D eigenvalue weighted by Crippen LogP contribution is 2.35. The first-order valence-corrected chi connectivity index (χ1v) is 7.25. The van der Waals surface area contributed by atoms with E-state index in [1.807, 2.05) is 13.0 Å². The predicted octanol–water partition coefficient (Wildman–Crippen LogP) is 1.92. The minimum Gasteiger partial charge on any atom is -0.480 e. The second-order valence-corrected chi connectivity index (χ2v) is 6.80. The van der Waals surface area contributed by atoms with Crippen molar-refractivity contribution < 1.29 is 14.7 Å². The van der Waals surface area contributed by atoms with E-state index in [4.69, 9.17) is 23.1 Å². The number of hydrogen-bond acceptors (Lipinski definition) is 6. The van der Waals surface area contributed by atoms with Crippen molar-refractivity contribution in [2.24, 2.45) is 0 Å². The van der Waals surface area contributed by atoms with Crippen molar-refractivity contribution >= 4 is 62.6 Å². The average molecular weight is 314 g/mol. The number of anilines is 1. The van der Waals surface area contributed by atoms with E-state index in [1.54, 1.807) is 6.08 Å². The lowest BCUT2D eigenvalue weighted by Gasteiger charge is -2.10. The van der Waals surface area contributed by atoms with Gasteiger partial charge in [-0.25, -0.2) is 0 Å². The molecule has 0 saturated carbocycles. The van der Waals surface area contributed by atoms with Gasteiger partial charge < -0.3 is 10.8 Å². The Morgan fingerprint density at radius 3 is 2.84 bits per heavy atom. The molecule has 3 N–H and O–H groups in total. The number of nitrogens with two attached hydrogens (primary N) is 1. The number of carboxylic acid groups (broad SMARTS) is 1. The van der Waals surface area contributed by atoms with Crippen LogP contribution in [0.3, 0.4) is 0 Å². The maximum atomic E-state index is 12.0. The first-order chi connectivity index (χ1) is 8.88. The molecule has 1 saturated heterocycles. The Bertz CT molecular complexity index is 606. The summed E-state index contributed by atoms with van der Waals surface area (Å²) in [4.78, 5) is 25.2. The molecular formula is C11H10N2O3S3. The van der Waals surface area contributed by atoms with Crippen molar-refractivity contribution in [3.8, 4) is 0 Å². The van der Waals surface area contributed by atoms with Gasteiger partial charge in [-0.2, -0.15) is 0 Å². The van der Waals surface area contributed by atoms with E-state index in [0.29, 0.717) is 9.91 Å². The molecule has 0 bridgehead atoms. The summed E-state index contributed by atoms with van der Waals surface area (Å²) in [6.45, 7) is 1.51. The Hall–Kier alpha value is -1.38. The lowest BCUT2D eigenvalue weighted by atomic mass is 10.2. The van der Waals surface area contributed by atoms with Gasteiger partial charge in [0.1, 0.15) is 10.9 Å². The van der Waals surface area contributed by atoms with Crippen LogP contribution < -0.4 is 5.73 Å². The van der Waals surface area contributed by atoms with Gasteiger partial charge in [0.25, 0.3) is 5.91 Å². The standard InChI is InChI=1S/C11H10N2O3S3/c1-5-2-6(9(12)18-5)3-7-10(16)13(4-8(14)15)11(17)19-7/h2-3H,4,12H2,1H3,(H,14,15). The first-order valence-electron chi connectivity index (χ1n) is 5.21. The van der Waals surface area contributed by atoms with E-state index in [2.05, 4.69) is 0 Å². The summed E-state index contributed by atoms with van der Waals surface area (Å²) in [6.07, 6.45) is 1.65. The quantitative estimate of drug-likeness (QED) is 0.655. The number of nitrogens with zero attached hydrogens (tertiary/aromatic N) is 1. The molecule has 8 heteroatoms. The summed E-state index contributed by atoms with van der Waals surface area (Å²) in [5, 5.41) is 9.36. The van der Waals surface area contributed by atoms with Crippen LogP contribution in [0, 0.1) is 6.92 Å². The number of amides is 1. The van der Waals surface area contributed by atoms with Crippen LogP contribution in [-0.4, -0.2) is 32.7 Å². The third-order valence-corrected chi connectivity index (χ3v) is 4.64. The first kappa shape index (κ1) is 14.0. The molecule has 1 fully saturated rings. The van der Waals surface area contributed by atoms with Gasteiger partial charge >= 0.3 is 5.97 Å². The molecule has 1 aliphatic heterocycles. The van der Waals surface area contributed by atoms with Crippen LogP contribution in [0.25, 0.3) is 6.08 Å². The number of carbonyl (C=O) groups excluding carboxylic acids is 1. The number of aliphatic carboxylic acids is 1. The van der Waals surface area contributed by atoms with Crippen molar-refractivity contribution in [1.29, 1.82) is 0 Å². The molecule has 2 rings (SSSR count). The number of carbonyl (C=O) groups is 2. The fourth-order valence-corrected chi connectivity index (χ4v) is 3.59. The van der Waals surface area contributed by atoms with Crippen molar-refractivity contribution in [3.63, 3.8) is 0 Å². The predicted molar refractivity (Wildman–Crippen MR) is 81.0 cm³/mol. The third kappa shape index (κ3) is 2.96. The van der Waals surface area contributed by atoms with E-state index >= 15 is 0 Å². The van der Waals surface area contributed by atoms with Crippen LogP contribution in [0.5, 0.6) is 0 Å². The zero-order valence-electron chi connectivity index (χ0n) is 9.87. The highest BCUT2D eigenvalue weighted by molar-refractivity contribution is 8.26. The second-order valence-electron chi connectivity index (χ2n) is 3.84. The molecule has 1 amide bonds. The highest BCUT2D eigenvalue weighted by Gasteiger charge is 2.33. The summed E-state index contributed by atoms with van der Waals surface area (Å²) in [5.41, 5.74) is 6.59. The number of thiophene rings is 1. The molecule has 0 spiro atoms. The van der Waals surface area contributed by atoms with Gasteiger partial charge in [-0.15, -0.1) is 11.3 Å². The summed E-state index contributed by atoms with van der Waals surface area (Å²) in [6, 6.07) is 1.88. The lowest BCUT2D eigenvalue weighted by molar-refractivity contribution is -0.140. The number of aryl methyl sites for hydroxylation is 1. The molecule has 5 nitrogen and oxygen atoms in total. The Kier molecular flexibility index (Phi) is 3.93. The van der Waals surface area contributed by atoms with Crippen molar-refractivity contribution in [3.05, 3.63) is 21.4 Å². The maximum absolute atomic E-state index is 12.0. The fourth-order valence-electron chi connectivity index (χ4n) is 1.58. The smallest absolute Gasteiger partial charge is 0.323 e. The van der Waals surface area contributed by atoms with Gasteiger partial charge in [0.2, 0.25) is 0 Å². The Morgan fingerprint density at radius 1 is 1.63 bits per heavy atom. The Morgan fingerprint density at radius 2 is 2.32 bits per heavy atom. The van der Waals surface area contributed by atoms with Gasteiger partial charge in [0.15, 0.2) is 0 Å². The number of nitrogen functional groups attached to an aromatic ring is 1. The topological polar surface area (TPSA) is 83.6 Å². The zero-order chi connectivity index (χ0) is 14.2. The van der Waals surface area contributed by atoms with Crippen LogP contribution >= 0.6 is 35.3 Å². The molecule has 0 unspecified atom stereocenters. The summed E-state index contributed by atoms with van der Waals surface area (Å²) in [5.74, 6) is -1.48. The normalized spacial score (nSPS) is 17.5. The summed E-state index contributed by atoms with van der Waals surface area (Å²) >= 11 is 7.53. The number of thiocarbonyl (C=S) groups is 1. The Labute approximate surface area is 123 Å². The number of carboxylic acids is 1. The minimum absolute atomic E-state index is 0.254. The maximum Gasteiger partial charge on any atom is 0.323 e. The van der Waals surface area contributed by atoms with Gasteiger partial charge in [-0.05, 0) is 19.1 Å². The molecule has 0 aliphatic carbocycles. The van der Waals surface area contributed by atoms with Gasteiger partial charge in [0, 0.05) is 10.4 Å². The fraction of sp³-hybridized carbons (Fsp3) is 0.182. The highest BCUT2D eigenvalue weighted by atomic mass is 32.2. The van der Waals surface area contributed by atoms with Gasteiger partial charge in [-0.3, -0.25) is 14.5 Å². The van der Waals surface area contributed by atoms with E-state index in [9.17, 15) is 9.59 Å². The van der Waals surface area contributed by atoms with E-state index in [-0.39, 0.29) is 10.2 Å². The number of rotatable bonds is 3. The van der Waals surface area contributed by atoms with Gasteiger partial charge in [0.05, 0.1) is 9.91 Å². The monoisotopic (exact) mass is 314 g/mol. The molecule has 0 radical (unpaired) electrons. The minimum atomic E-state index is -1.09. The molecule has 0 aromatic carbocycles. The van der Waals surface area contributed by atoms with Crippen LogP contribution in [0.4, 0.5) is 5.00 Å². The van der Waals surface area contributed by atoms with Crippen LogP contribution in [0.2, 0.25) is 0 Å². The molecule has 1 aromatic rings. The largest absolute Gasteiger partial charge is 0.480 e. The lowest BCUT2D eigenvalue weighted by Crippen LogP contribution is -2.33. The molecule has 1 aromatic heterocycles. The number of thioether (sulfide) groups is 1. The molecule has 100 valence electrons. The van der Waals surface area contributed by atoms with E-state index in [0.717, 1.165) is 27.1 Å². The van der Waals surface area contributed by atoms with Crippen molar-refractivity contribution in [2.75, 3.05) is 12.3 Å². The SMILES string of the molecule is Cc1cc(C=C2SC(=S)N(CC(=O)O)C2=O)c(N)s1. The van der Waals surface area contributed by atoms with Crippen LogP contribution in [0.1, 0.15) is 10.4 Å².